The van der Waals surface area contributed by atoms with Gasteiger partial charge in [0.2, 0.25) is 5.91 Å². The monoisotopic (exact) mass is 414 g/mol. The van der Waals surface area contributed by atoms with Crippen molar-refractivity contribution in [3.8, 4) is 11.5 Å². The van der Waals surface area contributed by atoms with Crippen molar-refractivity contribution in [3.63, 3.8) is 0 Å². The van der Waals surface area contributed by atoms with Crippen LogP contribution < -0.4 is 10.1 Å². The Balaban J connectivity index is 1.57. The van der Waals surface area contributed by atoms with E-state index >= 15 is 0 Å². The highest BCUT2D eigenvalue weighted by Crippen LogP contribution is 2.56. The second kappa shape index (κ2) is 6.63. The number of methoxy groups -OCH3 is 2. The third kappa shape index (κ3) is 2.37. The van der Waals surface area contributed by atoms with E-state index in [4.69, 9.17) is 14.2 Å². The molecule has 0 bridgehead atoms. The topological polar surface area (TPSA) is 97.3 Å². The number of phenolic OH excluding ortho intramolecular Hbond substituents is 1. The molecule has 4 aliphatic rings. The van der Waals surface area contributed by atoms with Gasteiger partial charge in [-0.05, 0) is 37.9 Å². The molecule has 0 unspecified atom stereocenters. The normalized spacial score (nSPS) is 34.4. The Hall–Kier alpha value is -2.74. The summed E-state index contributed by atoms with van der Waals surface area (Å²) in [5.41, 5.74) is 1.22. The minimum Gasteiger partial charge on any atom is -0.504 e. The molecule has 2 N–H and O–H groups in total. The molecule has 4 heterocycles. The number of carbonyl (C=O) groups is 2. The summed E-state index contributed by atoms with van der Waals surface area (Å²) < 4.78 is 16.1. The molecule has 2 saturated heterocycles. The number of hydrogen-bond acceptors (Lipinski definition) is 7. The van der Waals surface area contributed by atoms with Crippen LogP contribution >= 0.6 is 0 Å². The van der Waals surface area contributed by atoms with Gasteiger partial charge in [-0.1, -0.05) is 6.07 Å². The van der Waals surface area contributed by atoms with Gasteiger partial charge in [-0.15, -0.1) is 0 Å². The van der Waals surface area contributed by atoms with Gasteiger partial charge in [0.25, 0.3) is 0 Å². The van der Waals surface area contributed by atoms with Gasteiger partial charge in [-0.25, -0.2) is 4.79 Å². The van der Waals surface area contributed by atoms with Crippen molar-refractivity contribution in [2.45, 2.75) is 37.3 Å². The quantitative estimate of drug-likeness (QED) is 0.712. The maximum Gasteiger partial charge on any atom is 0.337 e. The Labute approximate surface area is 174 Å². The van der Waals surface area contributed by atoms with Gasteiger partial charge < -0.3 is 24.6 Å². The minimum atomic E-state index is -0.732. The summed E-state index contributed by atoms with van der Waals surface area (Å²) in [7, 11) is 2.86. The zero-order valence-corrected chi connectivity index (χ0v) is 17.3. The lowest BCUT2D eigenvalue weighted by Crippen LogP contribution is -2.56. The Bertz CT molecular complexity index is 959. The van der Waals surface area contributed by atoms with Crippen LogP contribution in [0.15, 0.2) is 24.0 Å². The first-order chi connectivity index (χ1) is 14.4. The number of piperidine rings is 1. The number of carbonyl (C=O) groups excluding carboxylic acids is 2. The third-order valence-electron chi connectivity index (χ3n) is 7.54. The van der Waals surface area contributed by atoms with E-state index in [0.29, 0.717) is 29.9 Å². The van der Waals surface area contributed by atoms with Crippen LogP contribution in [0, 0.1) is 11.8 Å². The number of benzene rings is 1. The van der Waals surface area contributed by atoms with Crippen molar-refractivity contribution in [2.24, 2.45) is 11.8 Å². The van der Waals surface area contributed by atoms with Gasteiger partial charge in [0.05, 0.1) is 43.3 Å². The zero-order valence-electron chi connectivity index (χ0n) is 17.3. The average molecular weight is 414 g/mol. The molecule has 0 aromatic heterocycles. The predicted molar refractivity (Wildman–Crippen MR) is 107 cm³/mol. The van der Waals surface area contributed by atoms with E-state index in [1.165, 1.54) is 14.2 Å². The number of nitrogens with zero attached hydrogens (tertiary/aromatic N) is 1. The SMILES string of the molecule is COC(=O)C1=CO[C@@H](C)[C@H]2CN3CC[C@]4(C(=O)Nc5c4ccc(O)c5OC)[C@@H]3C[C@H]12. The number of amides is 1. The van der Waals surface area contributed by atoms with Crippen molar-refractivity contribution in [1.82, 2.24) is 4.90 Å². The summed E-state index contributed by atoms with van der Waals surface area (Å²) in [4.78, 5) is 28.1. The highest BCUT2D eigenvalue weighted by Gasteiger charge is 2.61. The van der Waals surface area contributed by atoms with E-state index in [0.717, 1.165) is 18.7 Å². The first-order valence-electron chi connectivity index (χ1n) is 10.3. The molecule has 0 aliphatic carbocycles. The average Bonchev–Trinajstić information content (AvgIpc) is 3.25. The van der Waals surface area contributed by atoms with Crippen molar-refractivity contribution in [2.75, 3.05) is 32.6 Å². The van der Waals surface area contributed by atoms with Gasteiger partial charge in [-0.2, -0.15) is 0 Å². The van der Waals surface area contributed by atoms with Crippen LogP contribution in [-0.2, 0) is 24.5 Å². The van der Waals surface area contributed by atoms with E-state index in [-0.39, 0.29) is 41.6 Å². The number of phenols is 1. The molecule has 1 amide bonds. The van der Waals surface area contributed by atoms with Gasteiger partial charge in [0, 0.05) is 24.4 Å². The van der Waals surface area contributed by atoms with Gasteiger partial charge in [0.1, 0.15) is 0 Å². The number of anilines is 1. The number of nitrogens with one attached hydrogen (secondary N) is 1. The zero-order chi connectivity index (χ0) is 21.2. The van der Waals surface area contributed by atoms with Gasteiger partial charge >= 0.3 is 5.97 Å². The van der Waals surface area contributed by atoms with Crippen LogP contribution in [0.5, 0.6) is 11.5 Å². The molecule has 1 spiro atoms. The van der Waals surface area contributed by atoms with Crippen LogP contribution in [0.4, 0.5) is 5.69 Å². The summed E-state index contributed by atoms with van der Waals surface area (Å²) in [5.74, 6) is -0.0283. The Morgan fingerprint density at radius 1 is 1.37 bits per heavy atom. The first kappa shape index (κ1) is 19.2. The fraction of sp³-hybridized carbons (Fsp3) is 0.545. The molecule has 2 fully saturated rings. The Morgan fingerprint density at radius 2 is 2.17 bits per heavy atom. The summed E-state index contributed by atoms with van der Waals surface area (Å²) >= 11 is 0. The van der Waals surface area contributed by atoms with Crippen LogP contribution in [0.2, 0.25) is 0 Å². The van der Waals surface area contributed by atoms with Crippen molar-refractivity contribution in [3.05, 3.63) is 29.5 Å². The van der Waals surface area contributed by atoms with Crippen LogP contribution in [0.3, 0.4) is 0 Å². The van der Waals surface area contributed by atoms with Crippen LogP contribution in [0.1, 0.15) is 25.3 Å². The molecule has 1 aromatic rings. The molecular formula is C22H26N2O6. The molecule has 8 heteroatoms. The number of ether oxygens (including phenoxy) is 3. The maximum atomic E-state index is 13.4. The molecule has 4 aliphatic heterocycles. The largest absolute Gasteiger partial charge is 0.504 e. The maximum absolute atomic E-state index is 13.4. The van der Waals surface area contributed by atoms with E-state index in [2.05, 4.69) is 10.2 Å². The summed E-state index contributed by atoms with van der Waals surface area (Å²) in [5, 5.41) is 13.1. The fourth-order valence-electron chi connectivity index (χ4n) is 6.06. The van der Waals surface area contributed by atoms with E-state index < -0.39 is 5.41 Å². The molecule has 1 aromatic carbocycles. The highest BCUT2D eigenvalue weighted by atomic mass is 16.5. The van der Waals surface area contributed by atoms with E-state index in [9.17, 15) is 14.7 Å². The second-order valence-electron chi connectivity index (χ2n) is 8.64. The van der Waals surface area contributed by atoms with E-state index in [1.807, 2.05) is 13.0 Å². The molecule has 160 valence electrons. The predicted octanol–water partition coefficient (Wildman–Crippen LogP) is 1.78. The van der Waals surface area contributed by atoms with Crippen molar-refractivity contribution in [1.29, 1.82) is 0 Å². The molecule has 8 nitrogen and oxygen atoms in total. The Kier molecular flexibility index (Phi) is 4.25. The lowest BCUT2D eigenvalue weighted by atomic mass is 9.66. The molecule has 5 rings (SSSR count). The fourth-order valence-corrected chi connectivity index (χ4v) is 6.06. The molecular weight excluding hydrogens is 388 g/mol. The standard InChI is InChI=1S/C22H26N2O6/c1-11-13-9-24-7-6-22(17(24)8-12(13)14(10-30-11)20(26)29-3)15-4-5-16(25)19(28-2)18(15)23-21(22)27/h4-5,10-13,17,25H,6-9H2,1-3H3,(H,23,27)/t11-,12-,13+,17-,22+/m0/s1. The first-order valence-corrected chi connectivity index (χ1v) is 10.3. The second-order valence-corrected chi connectivity index (χ2v) is 8.64. The molecule has 0 saturated carbocycles. The number of rotatable bonds is 2. The third-order valence-corrected chi connectivity index (χ3v) is 7.54. The number of fused-ring (bicyclic) bond motifs is 5. The number of hydrogen-bond donors (Lipinski definition) is 2. The summed E-state index contributed by atoms with van der Waals surface area (Å²) in [6.07, 6.45) is 2.87. The van der Waals surface area contributed by atoms with Crippen LogP contribution in [-0.4, -0.2) is 61.3 Å². The summed E-state index contributed by atoms with van der Waals surface area (Å²) in [6, 6.07) is 3.35. The van der Waals surface area contributed by atoms with Crippen LogP contribution in [0.25, 0.3) is 0 Å². The van der Waals surface area contributed by atoms with Gasteiger partial charge in [0.15, 0.2) is 11.5 Å². The molecule has 0 radical (unpaired) electrons. The van der Waals surface area contributed by atoms with E-state index in [1.54, 1.807) is 12.3 Å². The highest BCUT2D eigenvalue weighted by molar-refractivity contribution is 6.09. The smallest absolute Gasteiger partial charge is 0.337 e. The molecule has 5 atom stereocenters. The van der Waals surface area contributed by atoms with Gasteiger partial charge in [-0.3, -0.25) is 9.69 Å². The summed E-state index contributed by atoms with van der Waals surface area (Å²) in [6.45, 7) is 3.57. The minimum absolute atomic E-state index is 0.00123. The molecule has 30 heavy (non-hydrogen) atoms. The number of esters is 1. The lowest BCUT2D eigenvalue weighted by Gasteiger charge is -2.48. The Morgan fingerprint density at radius 3 is 2.90 bits per heavy atom. The van der Waals surface area contributed by atoms with Crippen molar-refractivity contribution >= 4 is 17.6 Å². The van der Waals surface area contributed by atoms with Crippen molar-refractivity contribution < 1.29 is 28.9 Å². The lowest BCUT2D eigenvalue weighted by molar-refractivity contribution is -0.139. The number of aromatic hydroxyl groups is 1.